The highest BCUT2D eigenvalue weighted by atomic mass is 16.6. The number of hydrogen-bond acceptors (Lipinski definition) is 2. The van der Waals surface area contributed by atoms with Gasteiger partial charge in [0, 0.05) is 6.61 Å². The molecular formula is C27H62O2. The molecule has 0 atom stereocenters. The second kappa shape index (κ2) is 32.1. The van der Waals surface area contributed by atoms with Crippen LogP contribution in [-0.2, 0) is 4.74 Å². The van der Waals surface area contributed by atoms with Gasteiger partial charge < -0.3 is 9.84 Å². The maximum absolute atomic E-state index is 8.14. The van der Waals surface area contributed by atoms with Crippen molar-refractivity contribution in [2.75, 3.05) is 13.2 Å². The van der Waals surface area contributed by atoms with Gasteiger partial charge in [-0.2, -0.15) is 0 Å². The Morgan fingerprint density at radius 3 is 0.862 bits per heavy atom. The van der Waals surface area contributed by atoms with Crippen molar-refractivity contribution in [3.8, 4) is 0 Å². The van der Waals surface area contributed by atoms with Crippen LogP contribution in [0.5, 0.6) is 0 Å². The third kappa shape index (κ3) is 432. The summed E-state index contributed by atoms with van der Waals surface area (Å²) in [5.41, 5.74) is 2.58. The van der Waals surface area contributed by atoms with Crippen LogP contribution in [0.2, 0.25) is 0 Å². The number of aliphatic hydroxyl groups is 1. The summed E-state index contributed by atoms with van der Waals surface area (Å²) in [4.78, 5) is 0. The van der Waals surface area contributed by atoms with Gasteiger partial charge in [0.05, 0.1) is 12.2 Å². The average molecular weight is 419 g/mol. The summed E-state index contributed by atoms with van der Waals surface area (Å²) in [6, 6.07) is 0. The number of hydrogen-bond donors (Lipinski definition) is 1. The Balaban J connectivity index is -0.0000000536. The Kier molecular flexibility index (Phi) is 47.0. The van der Waals surface area contributed by atoms with Gasteiger partial charge in [-0.25, -0.2) is 0 Å². The average Bonchev–Trinajstić information content (AvgIpc) is 3.12. The number of rotatable bonds is 1. The van der Waals surface area contributed by atoms with E-state index in [9.17, 15) is 0 Å². The van der Waals surface area contributed by atoms with Crippen LogP contribution in [0.25, 0.3) is 0 Å². The van der Waals surface area contributed by atoms with Crippen molar-refractivity contribution in [2.45, 2.75) is 123 Å². The van der Waals surface area contributed by atoms with Crippen molar-refractivity contribution in [1.29, 1.82) is 0 Å². The highest BCUT2D eigenvalue weighted by Gasteiger charge is 2.32. The molecule has 1 aliphatic heterocycles. The van der Waals surface area contributed by atoms with Gasteiger partial charge in [-0.1, -0.05) is 86.8 Å². The quantitative estimate of drug-likeness (QED) is 0.340. The lowest BCUT2D eigenvalue weighted by Crippen LogP contribution is -1.90. The molecule has 1 rings (SSSR count). The molecule has 0 aromatic rings. The molecule has 0 amide bonds. The normalized spacial score (nSPS) is 11.7. The van der Waals surface area contributed by atoms with E-state index in [2.05, 4.69) is 82.4 Å². The van der Waals surface area contributed by atoms with Gasteiger partial charge in [-0.05, 0) is 59.3 Å². The molecule has 0 bridgehead atoms. The van der Waals surface area contributed by atoms with Crippen LogP contribution in [0.15, 0.2) is 24.3 Å². The third-order valence-electron chi connectivity index (χ3n) is 1.09. The fraction of sp³-hybridized carbons (Fsp3) is 0.852. The Bertz CT molecular complexity index is 262. The molecule has 1 fully saturated rings. The lowest BCUT2D eigenvalue weighted by Gasteiger charge is -1.90. The van der Waals surface area contributed by atoms with Crippen LogP contribution in [0, 0.1) is 17.8 Å². The van der Waals surface area contributed by atoms with Crippen molar-refractivity contribution >= 4 is 0 Å². The predicted octanol–water partition coefficient (Wildman–Crippen LogP) is 9.34. The van der Waals surface area contributed by atoms with Crippen molar-refractivity contribution in [3.05, 3.63) is 24.3 Å². The monoisotopic (exact) mass is 418 g/mol. The molecule has 0 aromatic heterocycles. The van der Waals surface area contributed by atoms with Crippen LogP contribution in [0.3, 0.4) is 0 Å². The largest absolute Gasteiger partial charge is 0.396 e. The van der Waals surface area contributed by atoms with Gasteiger partial charge in [0.1, 0.15) is 0 Å². The molecule has 0 unspecified atom stereocenters. The smallest absolute Gasteiger partial charge is 0.0860 e. The Morgan fingerprint density at radius 2 is 0.862 bits per heavy atom. The zero-order chi connectivity index (χ0) is 25.2. The Labute approximate surface area is 188 Å². The second-order valence-electron chi connectivity index (χ2n) is 10.2. The van der Waals surface area contributed by atoms with Crippen molar-refractivity contribution in [3.63, 3.8) is 0 Å². The maximum Gasteiger partial charge on any atom is 0.0860 e. The van der Waals surface area contributed by atoms with Crippen LogP contribution < -0.4 is 0 Å². The van der Waals surface area contributed by atoms with Crippen LogP contribution in [-0.4, -0.2) is 23.9 Å². The second-order valence-corrected chi connectivity index (χ2v) is 10.2. The number of allylic oxidation sites excluding steroid dienone is 2. The van der Waals surface area contributed by atoms with Crippen molar-refractivity contribution in [2.24, 2.45) is 17.8 Å². The molecule has 0 saturated carbocycles. The molecule has 1 aliphatic rings. The van der Waals surface area contributed by atoms with Crippen LogP contribution in [0.1, 0.15) is 117 Å². The lowest BCUT2D eigenvalue weighted by atomic mass is 10.2. The maximum atomic E-state index is 8.14. The van der Waals surface area contributed by atoms with Crippen molar-refractivity contribution in [1.82, 2.24) is 0 Å². The van der Waals surface area contributed by atoms with E-state index in [0.29, 0.717) is 12.5 Å². The molecule has 0 spiro atoms. The number of epoxide rings is 1. The Morgan fingerprint density at radius 1 is 0.793 bits per heavy atom. The summed E-state index contributed by atoms with van der Waals surface area (Å²) in [5.74, 6) is 2.11. The van der Waals surface area contributed by atoms with E-state index in [1.54, 1.807) is 0 Å². The van der Waals surface area contributed by atoms with Crippen LogP contribution >= 0.6 is 0 Å². The van der Waals surface area contributed by atoms with E-state index in [1.165, 1.54) is 17.6 Å². The van der Waals surface area contributed by atoms with Gasteiger partial charge in [0.25, 0.3) is 0 Å². The summed E-state index contributed by atoms with van der Waals surface area (Å²) in [6.45, 7) is 41.6. The standard InChI is InChI=1S/C4H8O.C4H10O.2C4H10.2C4H8.C3H8/c1-4(2)3-5-4;1-4(2)3-5;4*1-4(2)3;1-3-2/h3H2,1-2H3;4-5H,3H2,1-2H3;2*4H,1-3H3;2*1H2,2-3H3;3H2,1-2H3. The van der Waals surface area contributed by atoms with E-state index in [1.807, 2.05) is 41.5 Å². The topological polar surface area (TPSA) is 32.8 Å². The fourth-order valence-electron chi connectivity index (χ4n) is 0.144. The van der Waals surface area contributed by atoms with E-state index in [4.69, 9.17) is 9.84 Å². The van der Waals surface area contributed by atoms with Gasteiger partial charge in [-0.3, -0.25) is 0 Å². The fourth-order valence-corrected chi connectivity index (χ4v) is 0.144. The zero-order valence-electron chi connectivity index (χ0n) is 23.6. The molecule has 0 aromatic carbocycles. The highest BCUT2D eigenvalue weighted by Crippen LogP contribution is 2.23. The molecule has 0 radical (unpaired) electrons. The zero-order valence-corrected chi connectivity index (χ0v) is 23.6. The lowest BCUT2D eigenvalue weighted by molar-refractivity contribution is 0.248. The molecule has 1 heterocycles. The van der Waals surface area contributed by atoms with E-state index < -0.39 is 0 Å². The van der Waals surface area contributed by atoms with Gasteiger partial charge in [0.2, 0.25) is 0 Å². The van der Waals surface area contributed by atoms with E-state index in [0.717, 1.165) is 18.4 Å². The predicted molar refractivity (Wildman–Crippen MR) is 140 cm³/mol. The summed E-state index contributed by atoms with van der Waals surface area (Å²) in [5, 5.41) is 8.14. The minimum Gasteiger partial charge on any atom is -0.396 e. The third-order valence-corrected chi connectivity index (χ3v) is 1.09. The first kappa shape index (κ1) is 42.5. The van der Waals surface area contributed by atoms with E-state index >= 15 is 0 Å². The molecular weight excluding hydrogens is 356 g/mol. The SMILES string of the molecule is C=C(C)C.C=C(C)C.CC(C)C.CC(C)C.CC(C)CO.CC1(C)CO1.CCC. The summed E-state index contributed by atoms with van der Waals surface area (Å²) in [7, 11) is 0. The summed E-state index contributed by atoms with van der Waals surface area (Å²) < 4.78 is 4.90. The number of ether oxygens (including phenoxy) is 1. The van der Waals surface area contributed by atoms with Gasteiger partial charge in [-0.15, -0.1) is 13.2 Å². The molecule has 29 heavy (non-hydrogen) atoms. The minimum absolute atomic E-state index is 0.250. The molecule has 1 saturated heterocycles. The molecule has 182 valence electrons. The molecule has 2 nitrogen and oxygen atoms in total. The van der Waals surface area contributed by atoms with E-state index in [-0.39, 0.29) is 5.60 Å². The minimum atomic E-state index is 0.250. The van der Waals surface area contributed by atoms with Gasteiger partial charge >= 0.3 is 0 Å². The Hall–Kier alpha value is -0.600. The first-order valence-corrected chi connectivity index (χ1v) is 11.3. The summed E-state index contributed by atoms with van der Waals surface area (Å²) in [6.07, 6.45) is 1.25. The number of aliphatic hydroxyl groups excluding tert-OH is 1. The first-order chi connectivity index (χ1) is 12.8. The van der Waals surface area contributed by atoms with Gasteiger partial charge in [0.15, 0.2) is 0 Å². The summed E-state index contributed by atoms with van der Waals surface area (Å²) >= 11 is 0. The van der Waals surface area contributed by atoms with Crippen LogP contribution in [0.4, 0.5) is 0 Å². The molecule has 2 heteroatoms. The highest BCUT2D eigenvalue weighted by molar-refractivity contribution is 4.79. The molecule has 1 N–H and O–H groups in total. The first-order valence-electron chi connectivity index (χ1n) is 11.3. The molecule has 0 aliphatic carbocycles. The van der Waals surface area contributed by atoms with Crippen molar-refractivity contribution < 1.29 is 9.84 Å².